The number of aromatic nitrogens is 1. The van der Waals surface area contributed by atoms with Gasteiger partial charge in [0.2, 0.25) is 0 Å². The van der Waals surface area contributed by atoms with E-state index in [1.807, 2.05) is 0 Å². The Morgan fingerprint density at radius 1 is 1.57 bits per heavy atom. The summed E-state index contributed by atoms with van der Waals surface area (Å²) >= 11 is 0. The van der Waals surface area contributed by atoms with Crippen LogP contribution >= 0.6 is 0 Å². The molecule has 0 fully saturated rings. The molecule has 0 aliphatic carbocycles. The first kappa shape index (κ1) is 10.5. The molecule has 5 heteroatoms. The van der Waals surface area contributed by atoms with Gasteiger partial charge in [0.1, 0.15) is 5.56 Å². The zero-order valence-electron chi connectivity index (χ0n) is 7.75. The van der Waals surface area contributed by atoms with Gasteiger partial charge in [0.15, 0.2) is 0 Å². The highest BCUT2D eigenvalue weighted by Crippen LogP contribution is 1.88. The first-order valence-corrected chi connectivity index (χ1v) is 4.41. The lowest BCUT2D eigenvalue weighted by Crippen LogP contribution is -2.30. The third kappa shape index (κ3) is 2.70. The Balaban J connectivity index is 2.61. The van der Waals surface area contributed by atoms with Gasteiger partial charge in [0, 0.05) is 12.7 Å². The van der Waals surface area contributed by atoms with Crippen LogP contribution in [-0.2, 0) is 0 Å². The molecule has 0 atom stereocenters. The van der Waals surface area contributed by atoms with Crippen molar-refractivity contribution in [1.29, 1.82) is 0 Å². The van der Waals surface area contributed by atoms with Crippen molar-refractivity contribution in [3.05, 3.63) is 34.2 Å². The van der Waals surface area contributed by atoms with E-state index in [2.05, 4.69) is 10.3 Å². The lowest BCUT2D eigenvalue weighted by atomic mass is 10.2. The summed E-state index contributed by atoms with van der Waals surface area (Å²) in [5, 5.41) is 2.60. The highest BCUT2D eigenvalue weighted by molar-refractivity contribution is 5.93. The predicted octanol–water partition coefficient (Wildman–Crippen LogP) is -0.547. The van der Waals surface area contributed by atoms with Gasteiger partial charge in [-0.2, -0.15) is 0 Å². The number of amides is 1. The molecular weight excluding hydrogens is 182 g/mol. The number of aromatic amines is 1. The molecular formula is C9H13N3O2. The summed E-state index contributed by atoms with van der Waals surface area (Å²) < 4.78 is 0. The second-order valence-corrected chi connectivity index (χ2v) is 2.81. The van der Waals surface area contributed by atoms with Gasteiger partial charge in [-0.15, -0.1) is 0 Å². The van der Waals surface area contributed by atoms with Crippen molar-refractivity contribution in [2.75, 3.05) is 13.1 Å². The number of hydrogen-bond donors (Lipinski definition) is 3. The van der Waals surface area contributed by atoms with E-state index in [1.165, 1.54) is 12.3 Å². The zero-order valence-corrected chi connectivity index (χ0v) is 7.75. The molecule has 0 radical (unpaired) electrons. The molecule has 0 unspecified atom stereocenters. The van der Waals surface area contributed by atoms with Gasteiger partial charge < -0.3 is 16.0 Å². The van der Waals surface area contributed by atoms with Gasteiger partial charge in [0.25, 0.3) is 11.5 Å². The molecule has 1 amide bonds. The molecule has 0 bridgehead atoms. The fourth-order valence-corrected chi connectivity index (χ4v) is 1.000. The standard InChI is InChI=1S/C9H13N3O2/c10-4-2-6-12-9(14)7-3-1-5-11-8(7)13/h1,3,5H,2,4,6,10H2,(H,11,13)(H,12,14). The average Bonchev–Trinajstić information content (AvgIpc) is 2.18. The van der Waals surface area contributed by atoms with Crippen LogP contribution in [0.5, 0.6) is 0 Å². The summed E-state index contributed by atoms with van der Waals surface area (Å²) in [5.41, 5.74) is 5.02. The van der Waals surface area contributed by atoms with Crippen LogP contribution in [0.4, 0.5) is 0 Å². The molecule has 0 saturated heterocycles. The van der Waals surface area contributed by atoms with E-state index >= 15 is 0 Å². The number of pyridine rings is 1. The Kier molecular flexibility index (Phi) is 3.87. The largest absolute Gasteiger partial charge is 0.352 e. The van der Waals surface area contributed by atoms with Gasteiger partial charge >= 0.3 is 0 Å². The third-order valence-corrected chi connectivity index (χ3v) is 1.73. The third-order valence-electron chi connectivity index (χ3n) is 1.73. The predicted molar refractivity (Wildman–Crippen MR) is 53.1 cm³/mol. The van der Waals surface area contributed by atoms with Crippen LogP contribution in [0, 0.1) is 0 Å². The number of carbonyl (C=O) groups excluding carboxylic acids is 1. The summed E-state index contributed by atoms with van der Waals surface area (Å²) in [6.07, 6.45) is 2.19. The molecule has 0 saturated carbocycles. The monoisotopic (exact) mass is 195 g/mol. The summed E-state index contributed by atoms with van der Waals surface area (Å²) in [7, 11) is 0. The normalized spacial score (nSPS) is 9.79. The van der Waals surface area contributed by atoms with Gasteiger partial charge in [-0.1, -0.05) is 0 Å². The van der Waals surface area contributed by atoms with E-state index in [0.717, 1.165) is 0 Å². The van der Waals surface area contributed by atoms with Crippen LogP contribution in [-0.4, -0.2) is 24.0 Å². The van der Waals surface area contributed by atoms with Crippen molar-refractivity contribution in [1.82, 2.24) is 10.3 Å². The Labute approximate surface area is 81.3 Å². The van der Waals surface area contributed by atoms with Crippen molar-refractivity contribution in [3.63, 3.8) is 0 Å². The van der Waals surface area contributed by atoms with Crippen LogP contribution in [0.15, 0.2) is 23.1 Å². The molecule has 5 nitrogen and oxygen atoms in total. The Hall–Kier alpha value is -1.62. The van der Waals surface area contributed by atoms with Gasteiger partial charge in [0.05, 0.1) is 0 Å². The van der Waals surface area contributed by atoms with Gasteiger partial charge in [-0.25, -0.2) is 0 Å². The molecule has 0 aliphatic rings. The van der Waals surface area contributed by atoms with E-state index in [4.69, 9.17) is 5.73 Å². The second-order valence-electron chi connectivity index (χ2n) is 2.81. The van der Waals surface area contributed by atoms with E-state index < -0.39 is 0 Å². The molecule has 1 aromatic rings. The molecule has 14 heavy (non-hydrogen) atoms. The number of nitrogens with one attached hydrogen (secondary N) is 2. The highest BCUT2D eigenvalue weighted by atomic mass is 16.2. The SMILES string of the molecule is NCCCNC(=O)c1ccc[nH]c1=O. The van der Waals surface area contributed by atoms with E-state index in [1.54, 1.807) is 6.07 Å². The molecule has 1 heterocycles. The minimum Gasteiger partial charge on any atom is -0.352 e. The molecule has 4 N–H and O–H groups in total. The maximum Gasteiger partial charge on any atom is 0.260 e. The summed E-state index contributed by atoms with van der Waals surface area (Å²) in [4.78, 5) is 25.0. The zero-order chi connectivity index (χ0) is 10.4. The summed E-state index contributed by atoms with van der Waals surface area (Å²) in [5.74, 6) is -0.361. The summed E-state index contributed by atoms with van der Waals surface area (Å²) in [6.45, 7) is 1.01. The van der Waals surface area contributed by atoms with Crippen LogP contribution in [0.3, 0.4) is 0 Å². The van der Waals surface area contributed by atoms with Gasteiger partial charge in [-0.3, -0.25) is 9.59 Å². The lowest BCUT2D eigenvalue weighted by Gasteiger charge is -2.02. The quantitative estimate of drug-likeness (QED) is 0.563. The number of H-pyrrole nitrogens is 1. The van der Waals surface area contributed by atoms with Crippen LogP contribution in [0.2, 0.25) is 0 Å². The molecule has 76 valence electrons. The number of carbonyl (C=O) groups is 1. The lowest BCUT2D eigenvalue weighted by molar-refractivity contribution is 0.0952. The molecule has 0 aliphatic heterocycles. The molecule has 1 aromatic heterocycles. The van der Waals surface area contributed by atoms with Crippen molar-refractivity contribution < 1.29 is 4.79 Å². The number of nitrogens with two attached hydrogens (primary N) is 1. The Bertz CT molecular complexity index is 359. The topological polar surface area (TPSA) is 88.0 Å². The first-order chi connectivity index (χ1) is 6.75. The Morgan fingerprint density at radius 2 is 2.36 bits per heavy atom. The second kappa shape index (κ2) is 5.18. The maximum atomic E-state index is 11.4. The van der Waals surface area contributed by atoms with Crippen LogP contribution in [0.1, 0.15) is 16.8 Å². The van der Waals surface area contributed by atoms with Crippen molar-refractivity contribution in [2.24, 2.45) is 5.73 Å². The fourth-order valence-electron chi connectivity index (χ4n) is 1.000. The smallest absolute Gasteiger partial charge is 0.260 e. The summed E-state index contributed by atoms with van der Waals surface area (Å²) in [6, 6.07) is 3.09. The van der Waals surface area contributed by atoms with Crippen molar-refractivity contribution in [2.45, 2.75) is 6.42 Å². The minimum atomic E-state index is -0.377. The van der Waals surface area contributed by atoms with E-state index in [0.29, 0.717) is 19.5 Å². The van der Waals surface area contributed by atoms with Crippen molar-refractivity contribution >= 4 is 5.91 Å². The van der Waals surface area contributed by atoms with E-state index in [-0.39, 0.29) is 17.0 Å². The van der Waals surface area contributed by atoms with Crippen LogP contribution < -0.4 is 16.6 Å². The number of hydrogen-bond acceptors (Lipinski definition) is 3. The molecule has 0 aromatic carbocycles. The molecule has 1 rings (SSSR count). The van der Waals surface area contributed by atoms with E-state index in [9.17, 15) is 9.59 Å². The Morgan fingerprint density at radius 3 is 3.00 bits per heavy atom. The highest BCUT2D eigenvalue weighted by Gasteiger charge is 2.07. The van der Waals surface area contributed by atoms with Crippen LogP contribution in [0.25, 0.3) is 0 Å². The average molecular weight is 195 g/mol. The minimum absolute atomic E-state index is 0.129. The maximum absolute atomic E-state index is 11.4. The fraction of sp³-hybridized carbons (Fsp3) is 0.333. The molecule has 0 spiro atoms. The number of rotatable bonds is 4. The van der Waals surface area contributed by atoms with Gasteiger partial charge in [-0.05, 0) is 25.1 Å². The first-order valence-electron chi connectivity index (χ1n) is 4.41. The van der Waals surface area contributed by atoms with Crippen molar-refractivity contribution in [3.8, 4) is 0 Å².